The number of hydrogen-bond acceptors (Lipinski definition) is 4. The molecular weight excluding hydrogens is 234 g/mol. The first kappa shape index (κ1) is 14.7. The first-order valence-corrected chi connectivity index (χ1v) is 6.06. The molecular formula is C13H21NO4. The quantitative estimate of drug-likeness (QED) is 0.771. The summed E-state index contributed by atoms with van der Waals surface area (Å²) in [5, 5.41) is 12.7. The van der Waals surface area contributed by atoms with E-state index in [1.54, 1.807) is 20.1 Å². The van der Waals surface area contributed by atoms with E-state index in [9.17, 15) is 9.90 Å². The summed E-state index contributed by atoms with van der Waals surface area (Å²) in [6.07, 6.45) is 2.63. The Morgan fingerprint density at radius 2 is 2.33 bits per heavy atom. The Hall–Kier alpha value is -1.33. The summed E-state index contributed by atoms with van der Waals surface area (Å²) in [6, 6.07) is 1.64. The zero-order chi connectivity index (χ0) is 13.6. The third-order valence-electron chi connectivity index (χ3n) is 2.79. The molecule has 18 heavy (non-hydrogen) atoms. The van der Waals surface area contributed by atoms with E-state index in [0.29, 0.717) is 30.8 Å². The Balaban J connectivity index is 2.51. The van der Waals surface area contributed by atoms with Crippen LogP contribution in [0.25, 0.3) is 0 Å². The average Bonchev–Trinajstić information content (AvgIpc) is 2.82. The molecule has 0 bridgehead atoms. The van der Waals surface area contributed by atoms with Crippen LogP contribution < -0.4 is 5.32 Å². The fraction of sp³-hybridized carbons (Fsp3) is 0.615. The Bertz CT molecular complexity index is 384. The molecule has 1 amide bonds. The molecule has 1 aromatic heterocycles. The van der Waals surface area contributed by atoms with E-state index in [4.69, 9.17) is 9.15 Å². The summed E-state index contributed by atoms with van der Waals surface area (Å²) in [5.41, 5.74) is -0.443. The molecule has 0 saturated heterocycles. The van der Waals surface area contributed by atoms with Crippen molar-refractivity contribution in [2.75, 3.05) is 20.3 Å². The molecule has 1 unspecified atom stereocenters. The van der Waals surface area contributed by atoms with Gasteiger partial charge in [-0.15, -0.1) is 0 Å². The van der Waals surface area contributed by atoms with Crippen LogP contribution in [-0.2, 0) is 11.2 Å². The second-order valence-electron chi connectivity index (χ2n) is 4.53. The van der Waals surface area contributed by atoms with Crippen molar-refractivity contribution in [3.63, 3.8) is 0 Å². The molecule has 0 aliphatic rings. The van der Waals surface area contributed by atoms with Crippen molar-refractivity contribution in [2.45, 2.75) is 32.3 Å². The van der Waals surface area contributed by atoms with E-state index in [1.165, 1.54) is 6.26 Å². The fourth-order valence-electron chi connectivity index (χ4n) is 1.59. The zero-order valence-electron chi connectivity index (χ0n) is 11.2. The molecule has 0 saturated carbocycles. The highest BCUT2D eigenvalue weighted by Crippen LogP contribution is 2.12. The molecule has 2 N–H and O–H groups in total. The molecule has 0 fully saturated rings. The van der Waals surface area contributed by atoms with E-state index in [1.807, 2.05) is 6.92 Å². The summed E-state index contributed by atoms with van der Waals surface area (Å²) in [7, 11) is 1.58. The summed E-state index contributed by atoms with van der Waals surface area (Å²) in [4.78, 5) is 11.9. The average molecular weight is 255 g/mol. The standard InChI is InChI=1S/C13H21NO4/c1-4-11-10(5-7-18-11)12(15)14-9-13(2,16)6-8-17-3/h5,7,16H,4,6,8-9H2,1-3H3,(H,14,15). The number of furan rings is 1. The molecule has 5 heteroatoms. The number of aryl methyl sites for hydroxylation is 1. The lowest BCUT2D eigenvalue weighted by Crippen LogP contribution is -2.41. The van der Waals surface area contributed by atoms with Gasteiger partial charge in [0.05, 0.1) is 17.4 Å². The minimum absolute atomic E-state index is 0.184. The van der Waals surface area contributed by atoms with E-state index in [2.05, 4.69) is 5.32 Å². The molecule has 1 heterocycles. The van der Waals surface area contributed by atoms with Gasteiger partial charge in [-0.2, -0.15) is 0 Å². The van der Waals surface area contributed by atoms with Crippen LogP contribution in [0.1, 0.15) is 36.4 Å². The molecule has 5 nitrogen and oxygen atoms in total. The van der Waals surface area contributed by atoms with Crippen molar-refractivity contribution in [3.8, 4) is 0 Å². The third-order valence-corrected chi connectivity index (χ3v) is 2.79. The van der Waals surface area contributed by atoms with Gasteiger partial charge in [0, 0.05) is 33.1 Å². The number of carbonyl (C=O) groups excluding carboxylic acids is 1. The van der Waals surface area contributed by atoms with Crippen molar-refractivity contribution in [2.24, 2.45) is 0 Å². The van der Waals surface area contributed by atoms with E-state index in [-0.39, 0.29) is 12.5 Å². The molecule has 102 valence electrons. The molecule has 1 aromatic rings. The van der Waals surface area contributed by atoms with Gasteiger partial charge in [0.2, 0.25) is 0 Å². The number of carbonyl (C=O) groups is 1. The van der Waals surface area contributed by atoms with Gasteiger partial charge in [-0.3, -0.25) is 4.79 Å². The first-order valence-electron chi connectivity index (χ1n) is 6.06. The van der Waals surface area contributed by atoms with Crippen LogP contribution in [0.4, 0.5) is 0 Å². The monoisotopic (exact) mass is 255 g/mol. The van der Waals surface area contributed by atoms with Crippen molar-refractivity contribution in [1.82, 2.24) is 5.32 Å². The molecule has 0 aromatic carbocycles. The van der Waals surface area contributed by atoms with E-state index >= 15 is 0 Å². The van der Waals surface area contributed by atoms with Crippen LogP contribution in [0.15, 0.2) is 16.7 Å². The number of hydrogen-bond donors (Lipinski definition) is 2. The van der Waals surface area contributed by atoms with Crippen molar-refractivity contribution < 1.29 is 19.1 Å². The number of methoxy groups -OCH3 is 1. The Labute approximate surface area is 107 Å². The smallest absolute Gasteiger partial charge is 0.254 e. The largest absolute Gasteiger partial charge is 0.469 e. The lowest BCUT2D eigenvalue weighted by atomic mass is 10.0. The molecule has 0 spiro atoms. The molecule has 1 atom stereocenters. The van der Waals surface area contributed by atoms with Crippen LogP contribution in [0.3, 0.4) is 0 Å². The van der Waals surface area contributed by atoms with Crippen LogP contribution in [-0.4, -0.2) is 36.9 Å². The summed E-state index contributed by atoms with van der Waals surface area (Å²) >= 11 is 0. The molecule has 1 rings (SSSR count). The number of amides is 1. The highest BCUT2D eigenvalue weighted by molar-refractivity contribution is 5.95. The minimum Gasteiger partial charge on any atom is -0.469 e. The molecule has 0 aliphatic carbocycles. The topological polar surface area (TPSA) is 71.7 Å². The summed E-state index contributed by atoms with van der Waals surface area (Å²) < 4.78 is 10.1. The first-order chi connectivity index (χ1) is 8.50. The maximum atomic E-state index is 11.9. The van der Waals surface area contributed by atoms with Gasteiger partial charge >= 0.3 is 0 Å². The van der Waals surface area contributed by atoms with Crippen LogP contribution in [0, 0.1) is 0 Å². The maximum absolute atomic E-state index is 11.9. The van der Waals surface area contributed by atoms with Crippen LogP contribution >= 0.6 is 0 Å². The zero-order valence-corrected chi connectivity index (χ0v) is 11.2. The van der Waals surface area contributed by atoms with E-state index < -0.39 is 5.60 Å². The highest BCUT2D eigenvalue weighted by atomic mass is 16.5. The lowest BCUT2D eigenvalue weighted by Gasteiger charge is -2.23. The fourth-order valence-corrected chi connectivity index (χ4v) is 1.59. The van der Waals surface area contributed by atoms with Crippen molar-refractivity contribution in [1.29, 1.82) is 0 Å². The van der Waals surface area contributed by atoms with Gasteiger partial charge in [0.1, 0.15) is 5.76 Å². The highest BCUT2D eigenvalue weighted by Gasteiger charge is 2.22. The van der Waals surface area contributed by atoms with Gasteiger partial charge in [-0.05, 0) is 13.0 Å². The number of nitrogens with one attached hydrogen (secondary N) is 1. The number of aliphatic hydroxyl groups is 1. The SMILES string of the molecule is CCc1occc1C(=O)NCC(C)(O)CCOC. The Morgan fingerprint density at radius 1 is 1.61 bits per heavy atom. The molecule has 0 aliphatic heterocycles. The summed E-state index contributed by atoms with van der Waals surface area (Å²) in [5.74, 6) is 0.433. The third kappa shape index (κ3) is 4.16. The van der Waals surface area contributed by atoms with Gasteiger partial charge in [-0.25, -0.2) is 0 Å². The van der Waals surface area contributed by atoms with Crippen LogP contribution in [0.2, 0.25) is 0 Å². The normalized spacial score (nSPS) is 14.2. The predicted octanol–water partition coefficient (Wildman–Crippen LogP) is 1.36. The van der Waals surface area contributed by atoms with E-state index in [0.717, 1.165) is 0 Å². The second-order valence-corrected chi connectivity index (χ2v) is 4.53. The maximum Gasteiger partial charge on any atom is 0.254 e. The minimum atomic E-state index is -0.970. The number of ether oxygens (including phenoxy) is 1. The van der Waals surface area contributed by atoms with Gasteiger partial charge in [-0.1, -0.05) is 6.92 Å². The van der Waals surface area contributed by atoms with Gasteiger partial charge in [0.15, 0.2) is 0 Å². The lowest BCUT2D eigenvalue weighted by molar-refractivity contribution is 0.0243. The van der Waals surface area contributed by atoms with Crippen molar-refractivity contribution in [3.05, 3.63) is 23.7 Å². The van der Waals surface area contributed by atoms with Crippen molar-refractivity contribution >= 4 is 5.91 Å². The second kappa shape index (κ2) is 6.56. The Kier molecular flexibility index (Phi) is 5.37. The number of rotatable bonds is 7. The van der Waals surface area contributed by atoms with Gasteiger partial charge < -0.3 is 19.6 Å². The van der Waals surface area contributed by atoms with Crippen LogP contribution in [0.5, 0.6) is 0 Å². The summed E-state index contributed by atoms with van der Waals surface area (Å²) in [6.45, 7) is 4.23. The Morgan fingerprint density at radius 3 is 2.94 bits per heavy atom. The molecule has 0 radical (unpaired) electrons. The van der Waals surface area contributed by atoms with Gasteiger partial charge in [0.25, 0.3) is 5.91 Å². The predicted molar refractivity (Wildman–Crippen MR) is 67.5 cm³/mol.